The number of hydrogen-bond donors (Lipinski definition) is 2. The van der Waals surface area contributed by atoms with Crippen molar-refractivity contribution in [3.63, 3.8) is 0 Å². The number of hydrogen-bond acceptors (Lipinski definition) is 4. The zero-order valence-corrected chi connectivity index (χ0v) is 15.6. The van der Waals surface area contributed by atoms with Gasteiger partial charge in [0.05, 0.1) is 11.3 Å². The molecule has 2 aromatic carbocycles. The number of carbonyl (C=O) groups is 1. The molecule has 2 aromatic heterocycles. The maximum Gasteiger partial charge on any atom is 0.416 e. The van der Waals surface area contributed by atoms with Crippen LogP contribution in [0.15, 0.2) is 53.3 Å². The highest BCUT2D eigenvalue weighted by atomic mass is 35.5. The van der Waals surface area contributed by atoms with Crippen LogP contribution in [0, 0.1) is 0 Å². The van der Waals surface area contributed by atoms with E-state index in [9.17, 15) is 22.8 Å². The summed E-state index contributed by atoms with van der Waals surface area (Å²) in [5.74, 6) is -1.00. The second-order valence-corrected chi connectivity index (χ2v) is 6.72. The number of aromatic nitrogens is 4. The first-order chi connectivity index (χ1) is 14.1. The summed E-state index contributed by atoms with van der Waals surface area (Å²) in [4.78, 5) is 35.3. The van der Waals surface area contributed by atoms with Crippen molar-refractivity contribution in [1.29, 1.82) is 0 Å². The van der Waals surface area contributed by atoms with E-state index in [0.717, 1.165) is 12.1 Å². The quantitative estimate of drug-likeness (QED) is 0.515. The van der Waals surface area contributed by atoms with E-state index in [1.54, 1.807) is 18.2 Å². The summed E-state index contributed by atoms with van der Waals surface area (Å²) in [5, 5.41) is 0.362. The fraction of sp³-hybridized carbons (Fsp3) is 0.0526. The maximum atomic E-state index is 12.8. The molecule has 0 aliphatic heterocycles. The van der Waals surface area contributed by atoms with Crippen molar-refractivity contribution in [2.75, 3.05) is 0 Å². The molecule has 4 aromatic rings. The van der Waals surface area contributed by atoms with Gasteiger partial charge in [-0.25, -0.2) is 19.3 Å². The monoisotopic (exact) mass is 433 g/mol. The number of nitrogens with zero attached hydrogens (tertiary/aromatic N) is 3. The molecule has 0 aliphatic rings. The lowest BCUT2D eigenvalue weighted by Crippen LogP contribution is -2.15. The van der Waals surface area contributed by atoms with Crippen LogP contribution >= 0.6 is 11.6 Å². The highest BCUT2D eigenvalue weighted by Crippen LogP contribution is 2.31. The minimum absolute atomic E-state index is 0.00290. The van der Waals surface area contributed by atoms with E-state index in [2.05, 4.69) is 15.0 Å². The van der Waals surface area contributed by atoms with Crippen molar-refractivity contribution < 1.29 is 18.0 Å². The molecule has 1 amide bonds. The number of H-pyrrole nitrogens is 1. The molecular formula is C19H11ClF3N5O2. The molecule has 11 heteroatoms. The van der Waals surface area contributed by atoms with Gasteiger partial charge in [0, 0.05) is 10.6 Å². The van der Waals surface area contributed by atoms with Crippen LogP contribution in [0.25, 0.3) is 28.2 Å². The number of nitrogens with two attached hydrogens (primary N) is 1. The van der Waals surface area contributed by atoms with Gasteiger partial charge in [0.2, 0.25) is 0 Å². The van der Waals surface area contributed by atoms with Crippen LogP contribution in [0.3, 0.4) is 0 Å². The van der Waals surface area contributed by atoms with Gasteiger partial charge in [-0.1, -0.05) is 29.8 Å². The third kappa shape index (κ3) is 3.41. The third-order valence-electron chi connectivity index (χ3n) is 4.31. The summed E-state index contributed by atoms with van der Waals surface area (Å²) in [7, 11) is 0. The van der Waals surface area contributed by atoms with Gasteiger partial charge < -0.3 is 10.7 Å². The summed E-state index contributed by atoms with van der Waals surface area (Å²) in [6.45, 7) is 0. The van der Waals surface area contributed by atoms with Crippen molar-refractivity contribution in [1.82, 2.24) is 19.5 Å². The Morgan fingerprint density at radius 2 is 1.80 bits per heavy atom. The number of imidazole rings is 1. The number of halogens is 4. The van der Waals surface area contributed by atoms with Crippen LogP contribution in [-0.2, 0) is 6.18 Å². The van der Waals surface area contributed by atoms with E-state index in [1.165, 1.54) is 22.8 Å². The number of alkyl halides is 3. The minimum Gasteiger partial charge on any atom is -0.364 e. The summed E-state index contributed by atoms with van der Waals surface area (Å²) < 4.78 is 39.7. The normalized spacial score (nSPS) is 11.7. The molecule has 152 valence electrons. The number of primary amides is 1. The molecule has 2 heterocycles. The lowest BCUT2D eigenvalue weighted by Gasteiger charge is -2.09. The van der Waals surface area contributed by atoms with E-state index in [0.29, 0.717) is 10.7 Å². The molecule has 0 bridgehead atoms. The summed E-state index contributed by atoms with van der Waals surface area (Å²) in [6, 6.07) is 10.4. The molecule has 0 radical (unpaired) electrons. The SMILES string of the molecule is NC(=O)c1nc(-c2ccc(C(F)(F)F)cc2)nc2c1[nH]c(=O)n2-c1cccc(Cl)c1. The van der Waals surface area contributed by atoms with E-state index in [4.69, 9.17) is 17.3 Å². The van der Waals surface area contributed by atoms with Crippen molar-refractivity contribution in [2.45, 2.75) is 6.18 Å². The third-order valence-corrected chi connectivity index (χ3v) is 4.54. The fourth-order valence-corrected chi connectivity index (χ4v) is 3.14. The van der Waals surface area contributed by atoms with Gasteiger partial charge in [-0.05, 0) is 30.3 Å². The van der Waals surface area contributed by atoms with Crippen LogP contribution in [0.2, 0.25) is 5.02 Å². The van der Waals surface area contributed by atoms with Crippen LogP contribution in [0.1, 0.15) is 16.1 Å². The average molecular weight is 434 g/mol. The Labute approximate surface area is 170 Å². The number of benzene rings is 2. The Bertz CT molecular complexity index is 1340. The molecule has 3 N–H and O–H groups in total. The van der Waals surface area contributed by atoms with E-state index in [-0.39, 0.29) is 28.2 Å². The van der Waals surface area contributed by atoms with Crippen molar-refractivity contribution >= 4 is 28.7 Å². The Morgan fingerprint density at radius 3 is 2.40 bits per heavy atom. The van der Waals surface area contributed by atoms with Gasteiger partial charge in [-0.3, -0.25) is 4.79 Å². The summed E-state index contributed by atoms with van der Waals surface area (Å²) in [5.41, 5.74) is 4.27. The standard InChI is InChI=1S/C19H11ClF3N5O2/c20-11-2-1-3-12(8-11)28-17-14(26-18(28)30)13(15(24)29)25-16(27-17)9-4-6-10(7-5-9)19(21,22)23/h1-8H,(H2,24,29)(H,26,30). The fourth-order valence-electron chi connectivity index (χ4n) is 2.96. The van der Waals surface area contributed by atoms with Crippen LogP contribution in [-0.4, -0.2) is 25.4 Å². The molecule has 0 atom stereocenters. The van der Waals surface area contributed by atoms with Gasteiger partial charge in [0.1, 0.15) is 5.52 Å². The maximum absolute atomic E-state index is 12.8. The van der Waals surface area contributed by atoms with Gasteiger partial charge in [-0.2, -0.15) is 13.2 Å². The molecule has 0 aliphatic carbocycles. The molecule has 7 nitrogen and oxygen atoms in total. The largest absolute Gasteiger partial charge is 0.416 e. The minimum atomic E-state index is -4.50. The summed E-state index contributed by atoms with van der Waals surface area (Å²) in [6.07, 6.45) is -4.50. The average Bonchev–Trinajstić information content (AvgIpc) is 3.02. The molecule has 4 rings (SSSR count). The first-order valence-electron chi connectivity index (χ1n) is 8.41. The molecule has 0 unspecified atom stereocenters. The van der Waals surface area contributed by atoms with Crippen LogP contribution in [0.4, 0.5) is 13.2 Å². The van der Waals surface area contributed by atoms with Crippen molar-refractivity contribution in [3.8, 4) is 17.1 Å². The molecule has 0 fully saturated rings. The van der Waals surface area contributed by atoms with Gasteiger partial charge in [0.25, 0.3) is 5.91 Å². The number of carbonyl (C=O) groups excluding carboxylic acids is 1. The van der Waals surface area contributed by atoms with Crippen molar-refractivity contribution in [3.05, 3.63) is 75.3 Å². The smallest absolute Gasteiger partial charge is 0.364 e. The lowest BCUT2D eigenvalue weighted by atomic mass is 10.1. The zero-order chi connectivity index (χ0) is 21.6. The van der Waals surface area contributed by atoms with Gasteiger partial charge in [0.15, 0.2) is 17.2 Å². The lowest BCUT2D eigenvalue weighted by molar-refractivity contribution is -0.137. The van der Waals surface area contributed by atoms with Gasteiger partial charge in [-0.15, -0.1) is 0 Å². The molecule has 0 saturated carbocycles. The summed E-state index contributed by atoms with van der Waals surface area (Å²) >= 11 is 6.00. The Hall–Kier alpha value is -3.66. The Balaban J connectivity index is 1.97. The van der Waals surface area contributed by atoms with Crippen molar-refractivity contribution in [2.24, 2.45) is 5.73 Å². The van der Waals surface area contributed by atoms with Gasteiger partial charge >= 0.3 is 11.9 Å². The number of rotatable bonds is 3. The molecule has 0 spiro atoms. The van der Waals surface area contributed by atoms with Crippen LogP contribution < -0.4 is 11.4 Å². The van der Waals surface area contributed by atoms with Crippen LogP contribution in [0.5, 0.6) is 0 Å². The first-order valence-corrected chi connectivity index (χ1v) is 8.79. The molecule has 30 heavy (non-hydrogen) atoms. The number of aromatic amines is 1. The van der Waals surface area contributed by atoms with E-state index < -0.39 is 23.3 Å². The Morgan fingerprint density at radius 1 is 1.10 bits per heavy atom. The second-order valence-electron chi connectivity index (χ2n) is 6.28. The highest BCUT2D eigenvalue weighted by Gasteiger charge is 2.30. The first kappa shape index (κ1) is 19.6. The number of fused-ring (bicyclic) bond motifs is 1. The highest BCUT2D eigenvalue weighted by molar-refractivity contribution is 6.30. The predicted molar refractivity (Wildman–Crippen MR) is 103 cm³/mol. The van der Waals surface area contributed by atoms with E-state index >= 15 is 0 Å². The Kier molecular flexibility index (Phi) is 4.58. The zero-order valence-electron chi connectivity index (χ0n) is 14.9. The predicted octanol–water partition coefficient (Wildman–Crippen LogP) is 3.55. The molecular weight excluding hydrogens is 423 g/mol. The molecule has 0 saturated heterocycles. The number of amides is 1. The topological polar surface area (TPSA) is 107 Å². The van der Waals surface area contributed by atoms with E-state index in [1.807, 2.05) is 0 Å². The number of nitrogens with one attached hydrogen (secondary N) is 1. The second kappa shape index (κ2) is 6.99.